The number of pyridine rings is 1. The van der Waals surface area contributed by atoms with Crippen LogP contribution in [0.1, 0.15) is 48.3 Å². The summed E-state index contributed by atoms with van der Waals surface area (Å²) in [5, 5.41) is 30.3. The summed E-state index contributed by atoms with van der Waals surface area (Å²) >= 11 is 0. The molecule has 1 aromatic heterocycles. The van der Waals surface area contributed by atoms with E-state index in [1.54, 1.807) is 18.2 Å². The smallest absolute Gasteiger partial charge is 0.426 e. The zero-order chi connectivity index (χ0) is 29.8. The van der Waals surface area contributed by atoms with Gasteiger partial charge in [-0.15, -0.1) is 0 Å². The van der Waals surface area contributed by atoms with Gasteiger partial charge in [0, 0.05) is 24.4 Å². The molecule has 2 amide bonds. The van der Waals surface area contributed by atoms with Crippen molar-refractivity contribution >= 4 is 35.4 Å². The van der Waals surface area contributed by atoms with Crippen LogP contribution in [-0.4, -0.2) is 57.8 Å². The van der Waals surface area contributed by atoms with Crippen LogP contribution in [0.15, 0.2) is 65.9 Å². The summed E-state index contributed by atoms with van der Waals surface area (Å²) in [6.45, 7) is 3.48. The van der Waals surface area contributed by atoms with Gasteiger partial charge in [-0.25, -0.2) is 0 Å². The normalized spacial score (nSPS) is 17.6. The van der Waals surface area contributed by atoms with Crippen molar-refractivity contribution in [3.05, 3.63) is 77.6 Å². The number of amides is 2. The van der Waals surface area contributed by atoms with E-state index in [4.69, 9.17) is 4.84 Å². The van der Waals surface area contributed by atoms with E-state index >= 15 is 0 Å². The average molecular weight is 570 g/mol. The van der Waals surface area contributed by atoms with E-state index in [9.17, 15) is 32.8 Å². The lowest BCUT2D eigenvalue weighted by molar-refractivity contribution is -0.146. The quantitative estimate of drug-likeness (QED) is 0.277. The number of fused-ring (bicyclic) bond motifs is 1. The molecule has 4 N–H and O–H groups in total. The highest BCUT2D eigenvalue weighted by Gasteiger charge is 2.49. The second kappa shape index (κ2) is 12.3. The molecule has 9 nitrogen and oxygen atoms in total. The number of hydrogen-bond donors (Lipinski definition) is 4. The van der Waals surface area contributed by atoms with Crippen LogP contribution in [-0.2, 0) is 22.2 Å². The lowest BCUT2D eigenvalue weighted by Crippen LogP contribution is -2.56. The number of nitrogens with zero attached hydrogens (tertiary/aromatic N) is 2. The second-order valence-corrected chi connectivity index (χ2v) is 10.4. The van der Waals surface area contributed by atoms with Gasteiger partial charge in [0.1, 0.15) is 5.69 Å². The summed E-state index contributed by atoms with van der Waals surface area (Å²) in [6, 6.07) is 13.8. The Bertz CT molecular complexity index is 1440. The standard InChI is InChI=1S/C28H30BF3N4O5/c1-17(2)13-23(29(39)40)35-26(38)27(14-19-8-4-6-10-22(19)28(30,31)32)15-20(36-41-27)16-34-25(37)24-21-9-5-3-7-18(21)11-12-33-24/h3-12,17,23,39-40H,13-16H2,1-2H3,(H,34,37)(H,35,38). The summed E-state index contributed by atoms with van der Waals surface area (Å²) in [4.78, 5) is 36.2. The molecule has 1 aliphatic rings. The highest BCUT2D eigenvalue weighted by molar-refractivity contribution is 6.43. The first kappa shape index (κ1) is 30.0. The van der Waals surface area contributed by atoms with Crippen LogP contribution >= 0.6 is 0 Å². The monoisotopic (exact) mass is 570 g/mol. The summed E-state index contributed by atoms with van der Waals surface area (Å²) in [7, 11) is -1.91. The first-order valence-electron chi connectivity index (χ1n) is 13.1. The Labute approximate surface area is 234 Å². The van der Waals surface area contributed by atoms with Crippen molar-refractivity contribution in [2.45, 2.75) is 50.8 Å². The number of halogens is 3. The molecular formula is C28H30BF3N4O5. The van der Waals surface area contributed by atoms with Crippen LogP contribution in [0.3, 0.4) is 0 Å². The molecule has 0 fully saturated rings. The predicted octanol–water partition coefficient (Wildman–Crippen LogP) is 3.28. The van der Waals surface area contributed by atoms with Crippen LogP contribution in [0.4, 0.5) is 13.2 Å². The maximum absolute atomic E-state index is 13.8. The molecule has 0 saturated carbocycles. The second-order valence-electron chi connectivity index (χ2n) is 10.4. The Morgan fingerprint density at radius 3 is 2.51 bits per heavy atom. The van der Waals surface area contributed by atoms with E-state index in [0.29, 0.717) is 5.39 Å². The van der Waals surface area contributed by atoms with Crippen LogP contribution in [0.5, 0.6) is 0 Å². The molecule has 2 aromatic carbocycles. The Kier molecular flexibility index (Phi) is 8.98. The molecule has 0 radical (unpaired) electrons. The molecule has 3 aromatic rings. The molecule has 2 unspecified atom stereocenters. The lowest BCUT2D eigenvalue weighted by Gasteiger charge is -2.29. The largest absolute Gasteiger partial charge is 0.475 e. The van der Waals surface area contributed by atoms with E-state index < -0.39 is 48.6 Å². The first-order valence-corrected chi connectivity index (χ1v) is 13.1. The SMILES string of the molecule is CC(C)CC(NC(=O)C1(Cc2ccccc2C(F)(F)F)CC(CNC(=O)c2nccc3ccccc23)=NO1)B(O)O. The highest BCUT2D eigenvalue weighted by Crippen LogP contribution is 2.36. The molecule has 4 rings (SSSR count). The maximum atomic E-state index is 13.8. The molecule has 0 bridgehead atoms. The van der Waals surface area contributed by atoms with Gasteiger partial charge in [0.05, 0.1) is 23.8 Å². The third kappa shape index (κ3) is 7.03. The number of aromatic nitrogens is 1. The number of benzene rings is 2. The lowest BCUT2D eigenvalue weighted by atomic mass is 9.74. The van der Waals surface area contributed by atoms with Gasteiger partial charge in [0.2, 0.25) is 5.60 Å². The molecular weight excluding hydrogens is 540 g/mol. The van der Waals surface area contributed by atoms with E-state index in [1.165, 1.54) is 24.4 Å². The van der Waals surface area contributed by atoms with Crippen LogP contribution in [0.25, 0.3) is 10.8 Å². The first-order chi connectivity index (χ1) is 19.4. The number of hydrogen-bond acceptors (Lipinski definition) is 7. The minimum Gasteiger partial charge on any atom is -0.426 e. The topological polar surface area (TPSA) is 133 Å². The number of carbonyl (C=O) groups excluding carboxylic acids is 2. The van der Waals surface area contributed by atoms with E-state index in [2.05, 4.69) is 20.8 Å². The van der Waals surface area contributed by atoms with Crippen molar-refractivity contribution < 1.29 is 37.6 Å². The molecule has 41 heavy (non-hydrogen) atoms. The van der Waals surface area contributed by atoms with Gasteiger partial charge in [-0.2, -0.15) is 13.2 Å². The summed E-state index contributed by atoms with van der Waals surface area (Å²) in [6.07, 6.45) is -3.73. The Hall–Kier alpha value is -3.97. The van der Waals surface area contributed by atoms with Gasteiger partial charge in [-0.3, -0.25) is 14.6 Å². The van der Waals surface area contributed by atoms with Crippen molar-refractivity contribution in [3.63, 3.8) is 0 Å². The number of carbonyl (C=O) groups is 2. The van der Waals surface area contributed by atoms with Crippen molar-refractivity contribution in [2.24, 2.45) is 11.1 Å². The molecule has 1 aliphatic heterocycles. The molecule has 216 valence electrons. The number of nitrogens with one attached hydrogen (secondary N) is 2. The molecule has 0 saturated heterocycles. The Balaban J connectivity index is 1.57. The third-order valence-electron chi connectivity index (χ3n) is 6.80. The molecule has 13 heteroatoms. The number of alkyl halides is 3. The fourth-order valence-electron chi connectivity index (χ4n) is 4.83. The van der Waals surface area contributed by atoms with Gasteiger partial charge >= 0.3 is 13.3 Å². The minimum atomic E-state index is -4.68. The molecule has 0 aliphatic carbocycles. The molecule has 2 heterocycles. The summed E-state index contributed by atoms with van der Waals surface area (Å²) in [5.41, 5.74) is -2.66. The van der Waals surface area contributed by atoms with Gasteiger partial charge in [-0.1, -0.05) is 61.5 Å². The maximum Gasteiger partial charge on any atom is 0.475 e. The van der Waals surface area contributed by atoms with Gasteiger partial charge < -0.3 is 25.5 Å². The van der Waals surface area contributed by atoms with Crippen LogP contribution in [0.2, 0.25) is 0 Å². The Morgan fingerprint density at radius 1 is 1.10 bits per heavy atom. The van der Waals surface area contributed by atoms with Crippen molar-refractivity contribution in [3.8, 4) is 0 Å². The average Bonchev–Trinajstić information content (AvgIpc) is 3.34. The number of oxime groups is 1. The van der Waals surface area contributed by atoms with E-state index in [-0.39, 0.29) is 42.3 Å². The van der Waals surface area contributed by atoms with Gasteiger partial charge in [0.25, 0.3) is 11.8 Å². The third-order valence-corrected chi connectivity index (χ3v) is 6.80. The van der Waals surface area contributed by atoms with E-state index in [0.717, 1.165) is 11.5 Å². The number of rotatable bonds is 10. The highest BCUT2D eigenvalue weighted by atomic mass is 19.4. The zero-order valence-electron chi connectivity index (χ0n) is 22.5. The van der Waals surface area contributed by atoms with Crippen LogP contribution < -0.4 is 10.6 Å². The summed E-state index contributed by atoms with van der Waals surface area (Å²) in [5.74, 6) is -2.48. The van der Waals surface area contributed by atoms with Crippen molar-refractivity contribution in [1.29, 1.82) is 0 Å². The van der Waals surface area contributed by atoms with Crippen LogP contribution in [0, 0.1) is 5.92 Å². The fourth-order valence-corrected chi connectivity index (χ4v) is 4.83. The van der Waals surface area contributed by atoms with Crippen molar-refractivity contribution in [2.75, 3.05) is 6.54 Å². The zero-order valence-corrected chi connectivity index (χ0v) is 22.5. The summed E-state index contributed by atoms with van der Waals surface area (Å²) < 4.78 is 41.3. The molecule has 2 atom stereocenters. The van der Waals surface area contributed by atoms with E-state index in [1.807, 2.05) is 26.0 Å². The van der Waals surface area contributed by atoms with Crippen molar-refractivity contribution in [1.82, 2.24) is 15.6 Å². The Morgan fingerprint density at radius 2 is 1.80 bits per heavy atom. The minimum absolute atomic E-state index is 0.0294. The predicted molar refractivity (Wildman–Crippen MR) is 147 cm³/mol. The van der Waals surface area contributed by atoms with Gasteiger partial charge in [0.15, 0.2) is 0 Å². The van der Waals surface area contributed by atoms with Gasteiger partial charge in [-0.05, 0) is 35.4 Å². The molecule has 0 spiro atoms. The fraction of sp³-hybridized carbons (Fsp3) is 0.357.